The number of nitrogens with two attached hydrogens (primary N) is 1. The lowest BCUT2D eigenvalue weighted by Gasteiger charge is -2.24. The first-order valence-corrected chi connectivity index (χ1v) is 8.38. The zero-order valence-electron chi connectivity index (χ0n) is 12.6. The van der Waals surface area contributed by atoms with Crippen molar-refractivity contribution >= 4 is 23.2 Å². The van der Waals surface area contributed by atoms with E-state index < -0.39 is 5.91 Å². The number of amides is 2. The van der Waals surface area contributed by atoms with Gasteiger partial charge in [0.1, 0.15) is 5.75 Å². The van der Waals surface area contributed by atoms with Gasteiger partial charge >= 0.3 is 0 Å². The third kappa shape index (κ3) is 3.53. The molecule has 1 unspecified atom stereocenters. The summed E-state index contributed by atoms with van der Waals surface area (Å²) in [7, 11) is 0. The molecule has 0 saturated carbocycles. The molecule has 3 rings (SSSR count). The molecule has 6 heteroatoms. The second-order valence-corrected chi connectivity index (χ2v) is 6.43. The van der Waals surface area contributed by atoms with E-state index in [0.29, 0.717) is 11.3 Å². The van der Waals surface area contributed by atoms with Crippen LogP contribution in [0.4, 0.5) is 0 Å². The largest absolute Gasteiger partial charge is 0.484 e. The zero-order valence-corrected chi connectivity index (χ0v) is 13.4. The van der Waals surface area contributed by atoms with Crippen LogP contribution in [0.15, 0.2) is 41.8 Å². The standard InChI is InChI=1S/C17H18N2O3S/c18-16(20)11-22-13-5-1-4-12(10-13)17(21)19-8-2-6-14(19)15-7-3-9-23-15/h1,3-5,7,9-10,14H,2,6,8,11H2,(H2,18,20). The topological polar surface area (TPSA) is 72.6 Å². The van der Waals surface area contributed by atoms with E-state index in [1.165, 1.54) is 4.88 Å². The minimum atomic E-state index is -0.543. The summed E-state index contributed by atoms with van der Waals surface area (Å²) in [5.41, 5.74) is 5.64. The summed E-state index contributed by atoms with van der Waals surface area (Å²) >= 11 is 1.68. The van der Waals surface area contributed by atoms with Gasteiger partial charge in [0.15, 0.2) is 6.61 Å². The maximum Gasteiger partial charge on any atom is 0.255 e. The van der Waals surface area contributed by atoms with E-state index >= 15 is 0 Å². The summed E-state index contributed by atoms with van der Waals surface area (Å²) in [6, 6.07) is 11.1. The van der Waals surface area contributed by atoms with Gasteiger partial charge in [0.2, 0.25) is 0 Å². The Labute approximate surface area is 138 Å². The highest BCUT2D eigenvalue weighted by molar-refractivity contribution is 7.10. The Hall–Kier alpha value is -2.34. The van der Waals surface area contributed by atoms with Crippen LogP contribution in [-0.4, -0.2) is 29.9 Å². The van der Waals surface area contributed by atoms with Gasteiger partial charge in [-0.15, -0.1) is 11.3 Å². The first-order valence-electron chi connectivity index (χ1n) is 7.50. The number of rotatable bonds is 5. The Balaban J connectivity index is 1.77. The Morgan fingerprint density at radius 1 is 1.30 bits per heavy atom. The predicted molar refractivity (Wildman–Crippen MR) is 88.5 cm³/mol. The summed E-state index contributed by atoms with van der Waals surface area (Å²) in [6.45, 7) is 0.562. The fourth-order valence-corrected chi connectivity index (χ4v) is 3.70. The van der Waals surface area contributed by atoms with Gasteiger partial charge in [0, 0.05) is 17.0 Å². The van der Waals surface area contributed by atoms with Gasteiger partial charge in [-0.05, 0) is 42.5 Å². The zero-order chi connectivity index (χ0) is 16.2. The lowest BCUT2D eigenvalue weighted by atomic mass is 10.1. The number of ether oxygens (including phenoxy) is 1. The van der Waals surface area contributed by atoms with Crippen molar-refractivity contribution in [3.05, 3.63) is 52.2 Å². The average Bonchev–Trinajstić information content (AvgIpc) is 3.23. The van der Waals surface area contributed by atoms with E-state index in [1.807, 2.05) is 16.3 Å². The molecule has 1 fully saturated rings. The number of hydrogen-bond donors (Lipinski definition) is 1. The highest BCUT2D eigenvalue weighted by Crippen LogP contribution is 2.35. The van der Waals surface area contributed by atoms with Gasteiger partial charge in [0.05, 0.1) is 6.04 Å². The van der Waals surface area contributed by atoms with Crippen molar-refractivity contribution in [1.29, 1.82) is 0 Å². The molecular formula is C17H18N2O3S. The molecule has 1 aromatic heterocycles. The summed E-state index contributed by atoms with van der Waals surface area (Å²) in [5, 5.41) is 2.04. The van der Waals surface area contributed by atoms with Crippen LogP contribution in [0, 0.1) is 0 Å². The number of hydrogen-bond acceptors (Lipinski definition) is 4. The van der Waals surface area contributed by atoms with E-state index in [0.717, 1.165) is 19.4 Å². The molecule has 5 nitrogen and oxygen atoms in total. The molecule has 0 radical (unpaired) electrons. The smallest absolute Gasteiger partial charge is 0.255 e. The molecule has 1 aliphatic heterocycles. The fourth-order valence-electron chi connectivity index (χ4n) is 2.83. The van der Waals surface area contributed by atoms with Crippen LogP contribution < -0.4 is 10.5 Å². The number of carbonyl (C=O) groups excluding carboxylic acids is 2. The minimum absolute atomic E-state index is 0.00887. The summed E-state index contributed by atoms with van der Waals surface area (Å²) < 4.78 is 5.28. The molecule has 0 spiro atoms. The normalized spacial score (nSPS) is 17.2. The highest BCUT2D eigenvalue weighted by Gasteiger charge is 2.31. The SMILES string of the molecule is NC(=O)COc1cccc(C(=O)N2CCCC2c2cccs2)c1. The average molecular weight is 330 g/mol. The maximum absolute atomic E-state index is 12.8. The highest BCUT2D eigenvalue weighted by atomic mass is 32.1. The van der Waals surface area contributed by atoms with Crippen LogP contribution in [0.5, 0.6) is 5.75 Å². The first kappa shape index (κ1) is 15.6. The van der Waals surface area contributed by atoms with Crippen molar-refractivity contribution in [2.75, 3.05) is 13.2 Å². The molecule has 2 N–H and O–H groups in total. The molecule has 1 atom stereocenters. The fraction of sp³-hybridized carbons (Fsp3) is 0.294. The molecule has 1 aliphatic rings. The number of thiophene rings is 1. The molecule has 120 valence electrons. The summed E-state index contributed by atoms with van der Waals surface area (Å²) in [6.07, 6.45) is 2.00. The van der Waals surface area contributed by atoms with Gasteiger partial charge in [0.25, 0.3) is 11.8 Å². The molecule has 23 heavy (non-hydrogen) atoms. The minimum Gasteiger partial charge on any atom is -0.484 e. The van der Waals surface area contributed by atoms with Gasteiger partial charge in [-0.1, -0.05) is 12.1 Å². The predicted octanol–water partition coefficient (Wildman–Crippen LogP) is 2.59. The Bertz CT molecular complexity index is 700. The van der Waals surface area contributed by atoms with Gasteiger partial charge in [-0.2, -0.15) is 0 Å². The lowest BCUT2D eigenvalue weighted by Crippen LogP contribution is -2.30. The second-order valence-electron chi connectivity index (χ2n) is 5.45. The van der Waals surface area contributed by atoms with Crippen LogP contribution in [0.25, 0.3) is 0 Å². The number of benzene rings is 1. The van der Waals surface area contributed by atoms with E-state index in [9.17, 15) is 9.59 Å². The van der Waals surface area contributed by atoms with Crippen molar-refractivity contribution < 1.29 is 14.3 Å². The second kappa shape index (κ2) is 6.83. The van der Waals surface area contributed by atoms with Crippen LogP contribution in [0.1, 0.15) is 34.1 Å². The number of likely N-dealkylation sites (tertiary alicyclic amines) is 1. The van der Waals surface area contributed by atoms with Crippen molar-refractivity contribution in [2.24, 2.45) is 5.73 Å². The van der Waals surface area contributed by atoms with Crippen molar-refractivity contribution in [3.8, 4) is 5.75 Å². The molecule has 2 heterocycles. The number of primary amides is 1. The molecule has 1 aromatic carbocycles. The van der Waals surface area contributed by atoms with E-state index in [2.05, 4.69) is 6.07 Å². The third-order valence-corrected chi connectivity index (χ3v) is 4.82. The van der Waals surface area contributed by atoms with Crippen molar-refractivity contribution in [3.63, 3.8) is 0 Å². The molecular weight excluding hydrogens is 312 g/mol. The maximum atomic E-state index is 12.8. The third-order valence-electron chi connectivity index (χ3n) is 3.85. The molecule has 2 aromatic rings. The summed E-state index contributed by atoms with van der Waals surface area (Å²) in [4.78, 5) is 26.8. The Morgan fingerprint density at radius 3 is 2.91 bits per heavy atom. The molecule has 2 amide bonds. The van der Waals surface area contributed by atoms with Crippen LogP contribution >= 0.6 is 11.3 Å². The van der Waals surface area contributed by atoms with Crippen LogP contribution in [0.2, 0.25) is 0 Å². The molecule has 0 bridgehead atoms. The quantitative estimate of drug-likeness (QED) is 0.916. The lowest BCUT2D eigenvalue weighted by molar-refractivity contribution is -0.119. The van der Waals surface area contributed by atoms with Gasteiger partial charge < -0.3 is 15.4 Å². The van der Waals surface area contributed by atoms with E-state index in [-0.39, 0.29) is 18.6 Å². The van der Waals surface area contributed by atoms with Crippen LogP contribution in [-0.2, 0) is 4.79 Å². The monoisotopic (exact) mass is 330 g/mol. The number of carbonyl (C=O) groups is 2. The van der Waals surface area contributed by atoms with Crippen LogP contribution in [0.3, 0.4) is 0 Å². The van der Waals surface area contributed by atoms with Crippen molar-refractivity contribution in [1.82, 2.24) is 4.90 Å². The Kier molecular flexibility index (Phi) is 4.62. The molecule has 1 saturated heterocycles. The first-order chi connectivity index (χ1) is 11.1. The van der Waals surface area contributed by atoms with Crippen molar-refractivity contribution in [2.45, 2.75) is 18.9 Å². The Morgan fingerprint density at radius 2 is 2.17 bits per heavy atom. The van der Waals surface area contributed by atoms with Gasteiger partial charge in [-0.25, -0.2) is 0 Å². The van der Waals surface area contributed by atoms with Gasteiger partial charge in [-0.3, -0.25) is 9.59 Å². The molecule has 0 aliphatic carbocycles. The summed E-state index contributed by atoms with van der Waals surface area (Å²) in [5.74, 6) is -0.0778. The number of nitrogens with zero attached hydrogens (tertiary/aromatic N) is 1. The van der Waals surface area contributed by atoms with E-state index in [4.69, 9.17) is 10.5 Å². The van der Waals surface area contributed by atoms with E-state index in [1.54, 1.807) is 35.6 Å².